The third-order valence-corrected chi connectivity index (χ3v) is 1.45. The molecule has 12 heavy (non-hydrogen) atoms. The second-order valence-corrected chi connectivity index (χ2v) is 2.82. The van der Waals surface area contributed by atoms with E-state index < -0.39 is 12.0 Å². The van der Waals surface area contributed by atoms with Gasteiger partial charge in [0.15, 0.2) is 5.11 Å². The highest BCUT2D eigenvalue weighted by atomic mass is 32.1. The highest BCUT2D eigenvalue weighted by Crippen LogP contribution is 1.92. The first-order valence-corrected chi connectivity index (χ1v) is 3.96. The van der Waals surface area contributed by atoms with Gasteiger partial charge in [-0.3, -0.25) is 4.79 Å². The average molecular weight is 191 g/mol. The van der Waals surface area contributed by atoms with E-state index in [1.54, 1.807) is 0 Å². The molecule has 0 radical (unpaired) electrons. The van der Waals surface area contributed by atoms with Gasteiger partial charge in [0.1, 0.15) is 6.04 Å². The van der Waals surface area contributed by atoms with E-state index >= 15 is 0 Å². The molecule has 0 aromatic carbocycles. The van der Waals surface area contributed by atoms with Gasteiger partial charge < -0.3 is 21.9 Å². The second kappa shape index (κ2) is 5.73. The van der Waals surface area contributed by atoms with Crippen LogP contribution in [0.25, 0.3) is 0 Å². The zero-order valence-corrected chi connectivity index (χ0v) is 7.43. The summed E-state index contributed by atoms with van der Waals surface area (Å²) in [7, 11) is 0. The summed E-state index contributed by atoms with van der Waals surface area (Å²) in [4.78, 5) is 10.2. The Morgan fingerprint density at radius 1 is 1.67 bits per heavy atom. The highest BCUT2D eigenvalue weighted by molar-refractivity contribution is 7.80. The maximum absolute atomic E-state index is 10.2. The molecule has 5 nitrogen and oxygen atoms in total. The Labute approximate surface area is 76.1 Å². The Morgan fingerprint density at radius 3 is 2.67 bits per heavy atom. The van der Waals surface area contributed by atoms with Crippen LogP contribution in [0.1, 0.15) is 12.8 Å². The first kappa shape index (κ1) is 11.1. The zero-order valence-electron chi connectivity index (χ0n) is 6.62. The van der Waals surface area contributed by atoms with Crippen LogP contribution in [0, 0.1) is 0 Å². The van der Waals surface area contributed by atoms with Crippen LogP contribution in [0.15, 0.2) is 0 Å². The minimum atomic E-state index is -0.981. The summed E-state index contributed by atoms with van der Waals surface area (Å²) in [5.74, 6) is -0.981. The van der Waals surface area contributed by atoms with E-state index in [1.165, 1.54) is 0 Å². The molecule has 0 heterocycles. The van der Waals surface area contributed by atoms with Crippen LogP contribution >= 0.6 is 12.2 Å². The lowest BCUT2D eigenvalue weighted by Gasteiger charge is -2.06. The van der Waals surface area contributed by atoms with Crippen molar-refractivity contribution in [3.05, 3.63) is 0 Å². The van der Waals surface area contributed by atoms with Crippen LogP contribution in [0.3, 0.4) is 0 Å². The van der Waals surface area contributed by atoms with Crippen LogP contribution in [-0.4, -0.2) is 28.8 Å². The summed E-state index contributed by atoms with van der Waals surface area (Å²) in [6.45, 7) is 0.566. The van der Waals surface area contributed by atoms with Crippen molar-refractivity contribution in [2.75, 3.05) is 6.54 Å². The Morgan fingerprint density at radius 2 is 2.25 bits per heavy atom. The summed E-state index contributed by atoms with van der Waals surface area (Å²) < 4.78 is 0. The molecule has 0 spiro atoms. The normalized spacial score (nSPS) is 12.1. The van der Waals surface area contributed by atoms with Gasteiger partial charge in [-0.1, -0.05) is 0 Å². The third kappa shape index (κ3) is 5.87. The lowest BCUT2D eigenvalue weighted by atomic mass is 10.2. The van der Waals surface area contributed by atoms with Crippen molar-refractivity contribution in [1.82, 2.24) is 5.32 Å². The fraction of sp³-hybridized carbons (Fsp3) is 0.667. The van der Waals surface area contributed by atoms with Crippen molar-refractivity contribution in [3.8, 4) is 0 Å². The van der Waals surface area contributed by atoms with Gasteiger partial charge in [-0.15, -0.1) is 0 Å². The summed E-state index contributed by atoms with van der Waals surface area (Å²) in [5.41, 5.74) is 10.4. The first-order valence-electron chi connectivity index (χ1n) is 3.55. The molecule has 6 heteroatoms. The minimum Gasteiger partial charge on any atom is -0.480 e. The molecule has 0 saturated heterocycles. The summed E-state index contributed by atoms with van der Waals surface area (Å²) in [5, 5.41) is 11.3. The fourth-order valence-corrected chi connectivity index (χ4v) is 0.759. The number of rotatable bonds is 5. The maximum Gasteiger partial charge on any atom is 0.320 e. The molecule has 1 unspecified atom stereocenters. The van der Waals surface area contributed by atoms with Gasteiger partial charge >= 0.3 is 5.97 Å². The monoisotopic (exact) mass is 191 g/mol. The lowest BCUT2D eigenvalue weighted by molar-refractivity contribution is -0.138. The van der Waals surface area contributed by atoms with Crippen molar-refractivity contribution < 1.29 is 9.90 Å². The Balaban J connectivity index is 3.31. The smallest absolute Gasteiger partial charge is 0.320 e. The molecule has 0 aliphatic carbocycles. The van der Waals surface area contributed by atoms with E-state index in [2.05, 4.69) is 17.5 Å². The van der Waals surface area contributed by atoms with E-state index in [0.717, 1.165) is 0 Å². The molecule has 0 aromatic rings. The molecule has 1 atom stereocenters. The quantitative estimate of drug-likeness (QED) is 0.329. The second-order valence-electron chi connectivity index (χ2n) is 2.38. The van der Waals surface area contributed by atoms with E-state index in [0.29, 0.717) is 19.4 Å². The molecule has 0 fully saturated rings. The van der Waals surface area contributed by atoms with Gasteiger partial charge in [0.2, 0.25) is 0 Å². The average Bonchev–Trinajstić information content (AvgIpc) is 1.97. The largest absolute Gasteiger partial charge is 0.480 e. The Bertz CT molecular complexity index is 174. The number of carbonyl (C=O) groups is 1. The molecule has 0 saturated carbocycles. The number of carboxylic acid groups (broad SMARTS) is 1. The summed E-state index contributed by atoms with van der Waals surface area (Å²) in [6.07, 6.45) is 1.07. The highest BCUT2D eigenvalue weighted by Gasteiger charge is 2.09. The number of hydrogen-bond acceptors (Lipinski definition) is 3. The molecule has 0 rings (SSSR count). The van der Waals surface area contributed by atoms with E-state index in [4.69, 9.17) is 16.6 Å². The van der Waals surface area contributed by atoms with Crippen LogP contribution < -0.4 is 16.8 Å². The summed E-state index contributed by atoms with van der Waals surface area (Å²) >= 11 is 4.55. The molecule has 70 valence electrons. The van der Waals surface area contributed by atoms with Gasteiger partial charge in [-0.25, -0.2) is 0 Å². The number of carboxylic acids is 1. The maximum atomic E-state index is 10.2. The minimum absolute atomic E-state index is 0.221. The van der Waals surface area contributed by atoms with Gasteiger partial charge in [0, 0.05) is 6.54 Å². The SMILES string of the molecule is NC(=S)NCCCC(N)C(=O)O. The molecule has 0 aliphatic heterocycles. The van der Waals surface area contributed by atoms with Gasteiger partial charge in [-0.2, -0.15) is 0 Å². The first-order chi connectivity index (χ1) is 5.54. The van der Waals surface area contributed by atoms with Gasteiger partial charge in [-0.05, 0) is 25.1 Å². The van der Waals surface area contributed by atoms with Crippen molar-refractivity contribution in [2.45, 2.75) is 18.9 Å². The Kier molecular flexibility index (Phi) is 5.31. The van der Waals surface area contributed by atoms with Crippen molar-refractivity contribution >= 4 is 23.3 Å². The van der Waals surface area contributed by atoms with Crippen molar-refractivity contribution in [3.63, 3.8) is 0 Å². The predicted molar refractivity (Wildman–Crippen MR) is 49.6 cm³/mol. The summed E-state index contributed by atoms with van der Waals surface area (Å²) in [6, 6.07) is -0.793. The molecule has 6 N–H and O–H groups in total. The zero-order chi connectivity index (χ0) is 9.56. The van der Waals surface area contributed by atoms with E-state index in [-0.39, 0.29) is 5.11 Å². The fourth-order valence-electron chi connectivity index (χ4n) is 0.657. The molecule has 0 amide bonds. The van der Waals surface area contributed by atoms with Crippen LogP contribution in [0.2, 0.25) is 0 Å². The molecule has 0 aliphatic rings. The van der Waals surface area contributed by atoms with E-state index in [9.17, 15) is 4.79 Å². The number of aliphatic carboxylic acids is 1. The Hall–Kier alpha value is -0.880. The molecule has 0 bridgehead atoms. The van der Waals surface area contributed by atoms with Crippen molar-refractivity contribution in [1.29, 1.82) is 0 Å². The van der Waals surface area contributed by atoms with Gasteiger partial charge in [0.05, 0.1) is 0 Å². The molecular weight excluding hydrogens is 178 g/mol. The number of hydrogen-bond donors (Lipinski definition) is 4. The van der Waals surface area contributed by atoms with Gasteiger partial charge in [0.25, 0.3) is 0 Å². The number of nitrogens with one attached hydrogen (secondary N) is 1. The third-order valence-electron chi connectivity index (χ3n) is 1.31. The number of nitrogens with two attached hydrogens (primary N) is 2. The van der Waals surface area contributed by atoms with Crippen LogP contribution in [0.5, 0.6) is 0 Å². The van der Waals surface area contributed by atoms with Crippen LogP contribution in [0.4, 0.5) is 0 Å². The standard InChI is InChI=1S/C6H13N3O2S/c7-4(5(10)11)2-1-3-9-6(8)12/h4H,1-3,7H2,(H,10,11)(H3,8,9,12). The topological polar surface area (TPSA) is 101 Å². The number of thiocarbonyl (C=S) groups is 1. The predicted octanol–water partition coefficient (Wildman–Crippen LogP) is -0.988. The molecule has 0 aromatic heterocycles. The van der Waals surface area contributed by atoms with E-state index in [1.807, 2.05) is 0 Å². The van der Waals surface area contributed by atoms with Crippen LogP contribution in [-0.2, 0) is 4.79 Å². The van der Waals surface area contributed by atoms with Crippen molar-refractivity contribution in [2.24, 2.45) is 11.5 Å². The lowest BCUT2D eigenvalue weighted by Crippen LogP contribution is -2.33. The molecular formula is C6H13N3O2S.